The van der Waals surface area contributed by atoms with Gasteiger partial charge in [0.15, 0.2) is 6.10 Å². The second-order valence-electron chi connectivity index (χ2n) is 6.99. The molecule has 7 nitrogen and oxygen atoms in total. The minimum absolute atomic E-state index is 0.0669. The highest BCUT2D eigenvalue weighted by atomic mass is 16.5. The van der Waals surface area contributed by atoms with Crippen LogP contribution in [0.1, 0.15) is 48.5 Å². The normalized spacial score (nSPS) is 18.6. The van der Waals surface area contributed by atoms with E-state index < -0.39 is 30.4 Å². The fraction of sp³-hybridized carbons (Fsp3) is 0.500. The number of amides is 3. The maximum atomic E-state index is 12.5. The van der Waals surface area contributed by atoms with Crippen molar-refractivity contribution in [2.45, 2.75) is 45.1 Å². The van der Waals surface area contributed by atoms with Crippen LogP contribution in [0.3, 0.4) is 0 Å². The smallest absolute Gasteiger partial charge is 0.326 e. The van der Waals surface area contributed by atoms with Crippen LogP contribution >= 0.6 is 0 Å². The first-order chi connectivity index (χ1) is 13.0. The zero-order valence-electron chi connectivity index (χ0n) is 15.5. The fourth-order valence-corrected chi connectivity index (χ4v) is 3.52. The fourth-order valence-electron chi connectivity index (χ4n) is 3.52. The van der Waals surface area contributed by atoms with Crippen molar-refractivity contribution < 1.29 is 23.9 Å². The van der Waals surface area contributed by atoms with Gasteiger partial charge in [-0.3, -0.25) is 24.1 Å². The van der Waals surface area contributed by atoms with Crippen LogP contribution in [0.25, 0.3) is 0 Å². The Hall–Kier alpha value is -2.70. The Balaban J connectivity index is 1.59. The molecule has 1 aromatic carbocycles. The molecule has 0 aromatic heterocycles. The average molecular weight is 372 g/mol. The molecule has 0 spiro atoms. The quantitative estimate of drug-likeness (QED) is 0.591. The summed E-state index contributed by atoms with van der Waals surface area (Å²) in [6, 6.07) is 6.83. The van der Waals surface area contributed by atoms with Crippen molar-refractivity contribution in [3.05, 3.63) is 35.4 Å². The van der Waals surface area contributed by atoms with E-state index in [0.29, 0.717) is 24.2 Å². The van der Waals surface area contributed by atoms with Crippen molar-refractivity contribution in [3.8, 4) is 0 Å². The molecule has 0 aliphatic carbocycles. The van der Waals surface area contributed by atoms with Gasteiger partial charge in [-0.15, -0.1) is 0 Å². The standard InChI is InChI=1S/C20H24N2O5/c1-14(19(25)21-10-6-2-3-7-11-21)27-18(24)13-22-17(23)12-15-8-4-5-9-16(15)20(22)26/h4-5,8-9,14H,2-3,6-7,10-13H2,1H3/t14-/m0/s1. The molecular formula is C20H24N2O5. The molecule has 0 bridgehead atoms. The topological polar surface area (TPSA) is 84.0 Å². The molecular weight excluding hydrogens is 348 g/mol. The second kappa shape index (κ2) is 8.33. The van der Waals surface area contributed by atoms with Gasteiger partial charge >= 0.3 is 5.97 Å². The lowest BCUT2D eigenvalue weighted by atomic mass is 9.98. The molecule has 1 atom stereocenters. The predicted molar refractivity (Wildman–Crippen MR) is 96.8 cm³/mol. The molecule has 2 aliphatic rings. The Bertz CT molecular complexity index is 752. The number of likely N-dealkylation sites (tertiary alicyclic amines) is 1. The van der Waals surface area contributed by atoms with Gasteiger partial charge in [-0.05, 0) is 31.4 Å². The summed E-state index contributed by atoms with van der Waals surface area (Å²) in [5.41, 5.74) is 1.07. The van der Waals surface area contributed by atoms with Gasteiger partial charge in [-0.1, -0.05) is 31.0 Å². The van der Waals surface area contributed by atoms with Crippen molar-refractivity contribution in [3.63, 3.8) is 0 Å². The van der Waals surface area contributed by atoms with E-state index in [-0.39, 0.29) is 12.3 Å². The third-order valence-corrected chi connectivity index (χ3v) is 5.00. The van der Waals surface area contributed by atoms with E-state index >= 15 is 0 Å². The first-order valence-electron chi connectivity index (χ1n) is 9.38. The molecule has 1 aromatic rings. The molecule has 0 N–H and O–H groups in total. The molecule has 3 amide bonds. The van der Waals surface area contributed by atoms with Crippen LogP contribution in [-0.2, 0) is 25.5 Å². The number of carbonyl (C=O) groups is 4. The van der Waals surface area contributed by atoms with E-state index in [0.717, 1.165) is 30.6 Å². The zero-order valence-corrected chi connectivity index (χ0v) is 15.5. The van der Waals surface area contributed by atoms with Crippen LogP contribution in [0.5, 0.6) is 0 Å². The van der Waals surface area contributed by atoms with Gasteiger partial charge in [0.1, 0.15) is 6.54 Å². The number of esters is 1. The van der Waals surface area contributed by atoms with Crippen LogP contribution in [0.4, 0.5) is 0 Å². The number of hydrogen-bond donors (Lipinski definition) is 0. The summed E-state index contributed by atoms with van der Waals surface area (Å²) < 4.78 is 5.22. The van der Waals surface area contributed by atoms with Crippen molar-refractivity contribution in [1.29, 1.82) is 0 Å². The molecule has 1 fully saturated rings. The van der Waals surface area contributed by atoms with Crippen LogP contribution in [-0.4, -0.2) is 59.2 Å². The summed E-state index contributed by atoms with van der Waals surface area (Å²) in [5, 5.41) is 0. The first-order valence-corrected chi connectivity index (χ1v) is 9.38. The summed E-state index contributed by atoms with van der Waals surface area (Å²) >= 11 is 0. The van der Waals surface area contributed by atoms with Crippen molar-refractivity contribution in [2.24, 2.45) is 0 Å². The van der Waals surface area contributed by atoms with Crippen LogP contribution in [0, 0.1) is 0 Å². The first kappa shape index (κ1) is 19.1. The largest absolute Gasteiger partial charge is 0.451 e. The summed E-state index contributed by atoms with van der Waals surface area (Å²) in [4.78, 5) is 52.1. The van der Waals surface area contributed by atoms with E-state index in [9.17, 15) is 19.2 Å². The molecule has 2 aliphatic heterocycles. The van der Waals surface area contributed by atoms with E-state index in [1.54, 1.807) is 29.2 Å². The molecule has 2 heterocycles. The SMILES string of the molecule is C[C@H](OC(=O)CN1C(=O)Cc2ccccc2C1=O)C(=O)N1CCCCCC1. The number of fused-ring (bicyclic) bond motifs is 1. The number of rotatable bonds is 4. The number of hydrogen-bond acceptors (Lipinski definition) is 5. The molecule has 0 saturated carbocycles. The number of benzene rings is 1. The highest BCUT2D eigenvalue weighted by Crippen LogP contribution is 2.19. The lowest BCUT2D eigenvalue weighted by molar-refractivity contribution is -0.160. The highest BCUT2D eigenvalue weighted by Gasteiger charge is 2.33. The van der Waals surface area contributed by atoms with E-state index in [4.69, 9.17) is 4.74 Å². The third kappa shape index (κ3) is 4.35. The Morgan fingerprint density at radius 2 is 1.74 bits per heavy atom. The van der Waals surface area contributed by atoms with Gasteiger partial charge in [0.25, 0.3) is 11.8 Å². The zero-order chi connectivity index (χ0) is 19.4. The van der Waals surface area contributed by atoms with E-state index in [1.165, 1.54) is 6.92 Å². The van der Waals surface area contributed by atoms with Crippen molar-refractivity contribution >= 4 is 23.7 Å². The molecule has 1 saturated heterocycles. The minimum Gasteiger partial charge on any atom is -0.451 e. The Kier molecular flexibility index (Phi) is 5.88. The molecule has 144 valence electrons. The highest BCUT2D eigenvalue weighted by molar-refractivity contribution is 6.11. The van der Waals surface area contributed by atoms with Gasteiger partial charge < -0.3 is 9.64 Å². The van der Waals surface area contributed by atoms with Gasteiger partial charge in [-0.25, -0.2) is 0 Å². The number of ether oxygens (including phenoxy) is 1. The van der Waals surface area contributed by atoms with Crippen molar-refractivity contribution in [2.75, 3.05) is 19.6 Å². The third-order valence-electron chi connectivity index (χ3n) is 5.00. The average Bonchev–Trinajstić information content (AvgIpc) is 2.94. The predicted octanol–water partition coefficient (Wildman–Crippen LogP) is 1.55. The van der Waals surface area contributed by atoms with Crippen LogP contribution < -0.4 is 0 Å². The van der Waals surface area contributed by atoms with E-state index in [1.807, 2.05) is 0 Å². The van der Waals surface area contributed by atoms with E-state index in [2.05, 4.69) is 0 Å². The van der Waals surface area contributed by atoms with Crippen molar-refractivity contribution in [1.82, 2.24) is 9.80 Å². The Labute approximate surface area is 158 Å². The lowest BCUT2D eigenvalue weighted by Crippen LogP contribution is -2.47. The Morgan fingerprint density at radius 3 is 2.44 bits per heavy atom. The molecule has 0 radical (unpaired) electrons. The molecule has 7 heteroatoms. The second-order valence-corrected chi connectivity index (χ2v) is 6.99. The maximum absolute atomic E-state index is 12.5. The minimum atomic E-state index is -0.933. The number of imide groups is 1. The summed E-state index contributed by atoms with van der Waals surface area (Å²) in [7, 11) is 0. The van der Waals surface area contributed by atoms with Gasteiger partial charge in [0.05, 0.1) is 6.42 Å². The van der Waals surface area contributed by atoms with Crippen LogP contribution in [0.2, 0.25) is 0 Å². The molecule has 27 heavy (non-hydrogen) atoms. The maximum Gasteiger partial charge on any atom is 0.326 e. The number of nitrogens with zero attached hydrogens (tertiary/aromatic N) is 2. The summed E-state index contributed by atoms with van der Waals surface area (Å²) in [6.07, 6.45) is 3.22. The summed E-state index contributed by atoms with van der Waals surface area (Å²) in [5.74, 6) is -1.94. The molecule has 3 rings (SSSR count). The molecule has 0 unspecified atom stereocenters. The van der Waals surface area contributed by atoms with Gasteiger partial charge in [0.2, 0.25) is 5.91 Å². The van der Waals surface area contributed by atoms with Gasteiger partial charge in [-0.2, -0.15) is 0 Å². The Morgan fingerprint density at radius 1 is 1.07 bits per heavy atom. The summed E-state index contributed by atoms with van der Waals surface area (Å²) in [6.45, 7) is 2.38. The van der Waals surface area contributed by atoms with Crippen LogP contribution in [0.15, 0.2) is 24.3 Å². The lowest BCUT2D eigenvalue weighted by Gasteiger charge is -2.27. The number of carbonyl (C=O) groups excluding carboxylic acids is 4. The van der Waals surface area contributed by atoms with Gasteiger partial charge in [0, 0.05) is 18.7 Å². The monoisotopic (exact) mass is 372 g/mol.